The van der Waals surface area contributed by atoms with E-state index in [1.165, 1.54) is 34.5 Å². The second-order valence-electron chi connectivity index (χ2n) is 26.6. The number of piperazine rings is 2. The molecule has 0 bridgehead atoms. The van der Waals surface area contributed by atoms with Gasteiger partial charge in [0.1, 0.15) is 11.4 Å². The van der Waals surface area contributed by atoms with Crippen LogP contribution in [0.2, 0.25) is 0 Å². The Morgan fingerprint density at radius 1 is 0.500 bits per heavy atom. The van der Waals surface area contributed by atoms with Gasteiger partial charge in [0.15, 0.2) is 5.82 Å². The van der Waals surface area contributed by atoms with E-state index in [2.05, 4.69) is 120 Å². The number of piperidine rings is 2. The molecule has 5 aliphatic heterocycles. The molecular weight excluding hydrogens is 1310 g/mol. The standard InChI is InChI=1S/C27H25N5O2.C25H31N7O.C25H30N6O3S/c1-3-25(33)31-14-12-22(17-31)32-24-11-13-28-16-23(24)26(30-32)19-7-9-21(10-8-19)29-27(34)20-6-4-5-18(2)15-20;1-3-24(33)31-12-4-5-21(18-31)32-23-10-11-26-17-22(23)25(28-32)27-19-6-8-20(9-7-19)30-15-13-29(2)14-16-30;1-3-24(32)29-12-4-5-21(18-29)31-23-10-11-26-17-22(23)25(27-31)19-6-8-20(9-7-19)28-13-15-30(16-14-28)35(2,33)34/h3-11,13,15-16,22H,1,12,14,17H2,2H3,(H,29,34);3,6-11,17,21H,1,4-5,12-16,18H2,2H3,(H,27,28);3,6-11,17,21H,1,4-5,12-16,18H2,2H3/t22-;;/m1../s1. The minimum Gasteiger partial charge on any atom is -0.369 e. The lowest BCUT2D eigenvalue weighted by molar-refractivity contribution is -0.128. The zero-order valence-electron chi connectivity index (χ0n) is 58.0. The number of fused-ring (bicyclic) bond motifs is 3. The number of benzene rings is 4. The van der Waals surface area contributed by atoms with E-state index in [1.807, 2.05) is 105 Å². The van der Waals surface area contributed by atoms with Crippen LogP contribution in [-0.2, 0) is 24.4 Å². The van der Waals surface area contributed by atoms with Crippen molar-refractivity contribution in [3.63, 3.8) is 0 Å². The molecule has 4 amide bonds. The van der Waals surface area contributed by atoms with Crippen molar-refractivity contribution in [2.24, 2.45) is 0 Å². The van der Waals surface area contributed by atoms with Crippen molar-refractivity contribution in [2.75, 3.05) is 125 Å². The summed E-state index contributed by atoms with van der Waals surface area (Å²) in [6.45, 7) is 23.5. The van der Waals surface area contributed by atoms with Gasteiger partial charge in [0.05, 0.1) is 46.3 Å². The minimum atomic E-state index is -3.15. The summed E-state index contributed by atoms with van der Waals surface area (Å²) in [4.78, 5) is 74.4. The maximum Gasteiger partial charge on any atom is 0.255 e. The number of sulfonamides is 1. The molecule has 102 heavy (non-hydrogen) atoms. The maximum atomic E-state index is 12.6. The highest BCUT2D eigenvalue weighted by Crippen LogP contribution is 2.37. The molecule has 0 aliphatic carbocycles. The predicted molar refractivity (Wildman–Crippen MR) is 401 cm³/mol. The molecule has 0 saturated carbocycles. The van der Waals surface area contributed by atoms with Gasteiger partial charge in [0.2, 0.25) is 27.7 Å². The van der Waals surface area contributed by atoms with Crippen molar-refractivity contribution in [3.05, 3.63) is 202 Å². The summed E-state index contributed by atoms with van der Waals surface area (Å²) in [5, 5.41) is 24.2. The SMILES string of the molecule is C=CC(=O)N1CCCC(n2nc(-c3ccc(N4CCN(S(C)(=O)=O)CC4)cc3)c3cnccc32)C1.C=CC(=O)N1CCCC(n2nc(Nc3ccc(N4CCN(C)CC4)cc3)c3cnccc32)C1.C=CC(=O)N1CC[C@@H](n2nc(-c3ccc(NC(=O)c4cccc(C)c4)cc3)c3cnccc32)C1. The second kappa shape index (κ2) is 30.9. The molecule has 6 aromatic heterocycles. The average molecular weight is 1390 g/mol. The van der Waals surface area contributed by atoms with Gasteiger partial charge in [-0.1, -0.05) is 61.7 Å². The highest BCUT2D eigenvalue weighted by molar-refractivity contribution is 7.88. The number of nitrogens with one attached hydrogen (secondary N) is 2. The first-order valence-corrected chi connectivity index (χ1v) is 36.7. The van der Waals surface area contributed by atoms with Crippen molar-refractivity contribution >= 4 is 94.9 Å². The Bertz CT molecular complexity index is 4830. The third kappa shape index (κ3) is 15.5. The van der Waals surface area contributed by atoms with Gasteiger partial charge in [-0.25, -0.2) is 8.42 Å². The molecule has 25 heteroatoms. The zero-order valence-corrected chi connectivity index (χ0v) is 58.8. The normalized spacial score (nSPS) is 18.3. The number of aryl methyl sites for hydroxylation is 1. The number of carbonyl (C=O) groups excluding carboxylic acids is 4. The Morgan fingerprint density at radius 2 is 0.941 bits per heavy atom. The molecule has 24 nitrogen and oxygen atoms in total. The third-order valence-electron chi connectivity index (χ3n) is 19.9. The number of likely N-dealkylation sites (N-methyl/N-ethyl adjacent to an activating group) is 1. The zero-order chi connectivity index (χ0) is 71.0. The third-order valence-corrected chi connectivity index (χ3v) is 21.2. The predicted octanol–water partition coefficient (Wildman–Crippen LogP) is 10.4. The van der Waals surface area contributed by atoms with E-state index < -0.39 is 10.0 Å². The van der Waals surface area contributed by atoms with Crippen LogP contribution in [0.5, 0.6) is 0 Å². The van der Waals surface area contributed by atoms with Gasteiger partial charge in [-0.15, -0.1) is 0 Å². The lowest BCUT2D eigenvalue weighted by Gasteiger charge is -2.34. The number of amides is 4. The fraction of sp³-hybridized carbons (Fsp3) is 0.325. The highest BCUT2D eigenvalue weighted by atomic mass is 32.2. The molecular formula is C77H86N18O6S. The monoisotopic (exact) mass is 1390 g/mol. The number of nitrogens with zero attached hydrogens (tertiary/aromatic N) is 16. The molecule has 5 fully saturated rings. The van der Waals surface area contributed by atoms with E-state index >= 15 is 0 Å². The van der Waals surface area contributed by atoms with Gasteiger partial charge >= 0.3 is 0 Å². The van der Waals surface area contributed by atoms with Crippen LogP contribution in [0.25, 0.3) is 55.2 Å². The van der Waals surface area contributed by atoms with Gasteiger partial charge in [0.25, 0.3) is 5.91 Å². The average Bonchev–Trinajstić information content (AvgIpc) is 1.64. The number of aromatic nitrogens is 9. The van der Waals surface area contributed by atoms with E-state index in [9.17, 15) is 27.6 Å². The van der Waals surface area contributed by atoms with Crippen molar-refractivity contribution in [3.8, 4) is 22.5 Å². The smallest absolute Gasteiger partial charge is 0.255 e. The van der Waals surface area contributed by atoms with Crippen LogP contribution in [0.4, 0.5) is 28.6 Å². The molecule has 5 saturated heterocycles. The molecule has 5 aliphatic rings. The fourth-order valence-electron chi connectivity index (χ4n) is 14.3. The summed E-state index contributed by atoms with van der Waals surface area (Å²) in [6, 6.07) is 38.2. The Balaban J connectivity index is 0.000000137. The van der Waals surface area contributed by atoms with Crippen LogP contribution < -0.4 is 20.4 Å². The largest absolute Gasteiger partial charge is 0.369 e. The lowest BCUT2D eigenvalue weighted by Crippen LogP contribution is -2.48. The van der Waals surface area contributed by atoms with Crippen molar-refractivity contribution in [1.29, 1.82) is 0 Å². The molecule has 2 N–H and O–H groups in total. The van der Waals surface area contributed by atoms with E-state index in [4.69, 9.17) is 15.3 Å². The quantitative estimate of drug-likeness (QED) is 0.0907. The van der Waals surface area contributed by atoms with Crippen molar-refractivity contribution < 1.29 is 27.6 Å². The molecule has 526 valence electrons. The Labute approximate surface area is 594 Å². The first-order chi connectivity index (χ1) is 49.5. The fourth-order valence-corrected chi connectivity index (χ4v) is 15.1. The second-order valence-corrected chi connectivity index (χ2v) is 28.6. The Kier molecular flexibility index (Phi) is 21.1. The Morgan fingerprint density at radius 3 is 1.44 bits per heavy atom. The van der Waals surface area contributed by atoms with Gasteiger partial charge in [-0.05, 0) is 143 Å². The summed E-state index contributed by atoms with van der Waals surface area (Å²) in [5.74, 6) is 0.537. The molecule has 15 rings (SSSR count). The lowest BCUT2D eigenvalue weighted by atomic mass is 10.1. The number of hydrogen-bond acceptors (Lipinski definition) is 16. The van der Waals surface area contributed by atoms with E-state index in [0.29, 0.717) is 63.6 Å². The van der Waals surface area contributed by atoms with Gasteiger partial charge in [-0.3, -0.25) is 48.2 Å². The summed E-state index contributed by atoms with van der Waals surface area (Å²) in [6.07, 6.45) is 20.9. The van der Waals surface area contributed by atoms with Crippen molar-refractivity contribution in [2.45, 2.75) is 57.2 Å². The Hall–Kier alpha value is -10.9. The summed E-state index contributed by atoms with van der Waals surface area (Å²) in [7, 11) is -0.977. The van der Waals surface area contributed by atoms with Crippen LogP contribution in [0.15, 0.2) is 190 Å². The van der Waals surface area contributed by atoms with Crippen molar-refractivity contribution in [1.82, 2.24) is 68.2 Å². The van der Waals surface area contributed by atoms with E-state index in [1.54, 1.807) is 29.6 Å². The highest BCUT2D eigenvalue weighted by Gasteiger charge is 2.32. The molecule has 10 aromatic rings. The minimum absolute atomic E-state index is 0.0170. The van der Waals surface area contributed by atoms with Gasteiger partial charge < -0.3 is 40.0 Å². The molecule has 4 aromatic carbocycles. The van der Waals surface area contributed by atoms with E-state index in [0.717, 1.165) is 149 Å². The number of likely N-dealkylation sites (tertiary alicyclic amines) is 3. The number of pyridine rings is 3. The van der Waals surface area contributed by atoms with Crippen LogP contribution >= 0.6 is 0 Å². The molecule has 0 radical (unpaired) electrons. The first kappa shape index (κ1) is 69.6. The molecule has 2 unspecified atom stereocenters. The number of carbonyl (C=O) groups is 4. The van der Waals surface area contributed by atoms with Crippen LogP contribution in [0.1, 0.15) is 66.2 Å². The summed E-state index contributed by atoms with van der Waals surface area (Å²) in [5.41, 5.74) is 12.3. The van der Waals surface area contributed by atoms with Gasteiger partial charge in [0, 0.05) is 179 Å². The summed E-state index contributed by atoms with van der Waals surface area (Å²) < 4.78 is 31.2. The van der Waals surface area contributed by atoms with E-state index in [-0.39, 0.29) is 41.8 Å². The number of hydrogen-bond donors (Lipinski definition) is 2. The summed E-state index contributed by atoms with van der Waals surface area (Å²) >= 11 is 0. The topological polar surface area (TPSA) is 241 Å². The molecule has 11 heterocycles. The van der Waals surface area contributed by atoms with Gasteiger partial charge in [-0.2, -0.15) is 19.6 Å². The van der Waals surface area contributed by atoms with Crippen LogP contribution in [0, 0.1) is 6.92 Å². The number of anilines is 5. The molecule has 0 spiro atoms. The van der Waals surface area contributed by atoms with Crippen LogP contribution in [-0.4, -0.2) is 205 Å². The number of rotatable bonds is 15. The first-order valence-electron chi connectivity index (χ1n) is 34.8. The maximum absolute atomic E-state index is 12.6. The molecule has 3 atom stereocenters. The van der Waals surface area contributed by atoms with Crippen LogP contribution in [0.3, 0.4) is 0 Å².